The molecule has 0 saturated heterocycles. The van der Waals surface area contributed by atoms with Gasteiger partial charge in [-0.1, -0.05) is 29.8 Å². The van der Waals surface area contributed by atoms with E-state index in [4.69, 9.17) is 11.6 Å². The molecule has 1 aromatic heterocycles. The lowest BCUT2D eigenvalue weighted by Crippen LogP contribution is -2.26. The molecule has 1 heterocycles. The van der Waals surface area contributed by atoms with Crippen molar-refractivity contribution in [1.82, 2.24) is 9.97 Å². The summed E-state index contributed by atoms with van der Waals surface area (Å²) in [4.78, 5) is 21.2. The van der Waals surface area contributed by atoms with Crippen LogP contribution >= 0.6 is 11.6 Å². The molecule has 0 aliphatic heterocycles. The van der Waals surface area contributed by atoms with Crippen LogP contribution in [0, 0.1) is 0 Å². The number of halogens is 1. The van der Waals surface area contributed by atoms with E-state index in [2.05, 4.69) is 9.97 Å². The van der Waals surface area contributed by atoms with Gasteiger partial charge >= 0.3 is 0 Å². The number of hydrogen-bond donors (Lipinski definition) is 1. The number of carbonyl (C=O) groups excluding carboxylic acids is 1. The number of H-pyrrole nitrogens is 1. The van der Waals surface area contributed by atoms with Crippen molar-refractivity contribution in [2.75, 3.05) is 4.90 Å². The third-order valence-electron chi connectivity index (χ3n) is 3.00. The first-order valence-corrected chi connectivity index (χ1v) is 6.78. The summed E-state index contributed by atoms with van der Waals surface area (Å²) in [5, 5.41) is 0.622. The van der Waals surface area contributed by atoms with Gasteiger partial charge in [-0.25, -0.2) is 4.98 Å². The first-order chi connectivity index (χ1) is 10.3. The van der Waals surface area contributed by atoms with Gasteiger partial charge < -0.3 is 4.98 Å². The third-order valence-corrected chi connectivity index (χ3v) is 3.26. The number of nitrogens with one attached hydrogen (secondary N) is 1. The van der Waals surface area contributed by atoms with E-state index in [0.29, 0.717) is 5.02 Å². The zero-order valence-electron chi connectivity index (χ0n) is 11.0. The summed E-state index contributed by atoms with van der Waals surface area (Å²) in [5.41, 5.74) is 1.49. The van der Waals surface area contributed by atoms with E-state index >= 15 is 0 Å². The van der Waals surface area contributed by atoms with Crippen LogP contribution in [0.3, 0.4) is 0 Å². The summed E-state index contributed by atoms with van der Waals surface area (Å²) >= 11 is 5.92. The van der Waals surface area contributed by atoms with Gasteiger partial charge in [0.15, 0.2) is 5.82 Å². The summed E-state index contributed by atoms with van der Waals surface area (Å²) in [5.74, 6) is 0.0577. The zero-order chi connectivity index (χ0) is 14.7. The topological polar surface area (TPSA) is 49.0 Å². The van der Waals surface area contributed by atoms with Gasteiger partial charge in [-0.2, -0.15) is 0 Å². The van der Waals surface area contributed by atoms with Gasteiger partial charge in [-0.15, -0.1) is 0 Å². The van der Waals surface area contributed by atoms with Gasteiger partial charge in [0.2, 0.25) is 0 Å². The van der Waals surface area contributed by atoms with Gasteiger partial charge in [0, 0.05) is 28.8 Å². The number of benzene rings is 2. The van der Waals surface area contributed by atoms with Gasteiger partial charge in [0.1, 0.15) is 0 Å². The lowest BCUT2D eigenvalue weighted by Gasteiger charge is -2.22. The van der Waals surface area contributed by atoms with Crippen molar-refractivity contribution in [3.05, 3.63) is 77.8 Å². The smallest absolute Gasteiger partial charge is 0.298 e. The summed E-state index contributed by atoms with van der Waals surface area (Å²) in [6.45, 7) is 0. The molecule has 3 rings (SSSR count). The molecule has 0 spiro atoms. The van der Waals surface area contributed by atoms with Crippen LogP contribution in [-0.4, -0.2) is 15.9 Å². The molecule has 0 unspecified atom stereocenters. The lowest BCUT2D eigenvalue weighted by molar-refractivity contribution is 0.0990. The van der Waals surface area contributed by atoms with Crippen molar-refractivity contribution in [2.45, 2.75) is 0 Å². The fourth-order valence-electron chi connectivity index (χ4n) is 2.04. The molecule has 1 N–H and O–H groups in total. The average molecular weight is 298 g/mol. The Hall–Kier alpha value is -2.59. The second-order valence-corrected chi connectivity index (χ2v) is 4.83. The Morgan fingerprint density at radius 2 is 1.67 bits per heavy atom. The molecule has 0 atom stereocenters. The Morgan fingerprint density at radius 1 is 1.00 bits per heavy atom. The number of aromatic nitrogens is 2. The van der Waals surface area contributed by atoms with Gasteiger partial charge in [-0.3, -0.25) is 9.69 Å². The molecule has 0 aliphatic carbocycles. The molecule has 0 saturated carbocycles. The quantitative estimate of drug-likeness (QED) is 0.793. The molecule has 2 aromatic carbocycles. The molecule has 21 heavy (non-hydrogen) atoms. The molecule has 0 aliphatic rings. The normalized spacial score (nSPS) is 10.3. The number of carbonyl (C=O) groups is 1. The van der Waals surface area contributed by atoms with E-state index in [1.807, 2.05) is 30.3 Å². The van der Waals surface area contributed by atoms with E-state index in [9.17, 15) is 4.79 Å². The minimum atomic E-state index is -0.228. The van der Waals surface area contributed by atoms with E-state index in [-0.39, 0.29) is 11.7 Å². The maximum absolute atomic E-state index is 12.7. The maximum atomic E-state index is 12.7. The number of imidazole rings is 1. The molecular weight excluding hydrogens is 286 g/mol. The molecule has 104 valence electrons. The van der Waals surface area contributed by atoms with Crippen molar-refractivity contribution in [1.29, 1.82) is 0 Å². The second-order valence-electron chi connectivity index (χ2n) is 4.39. The predicted octanol–water partition coefficient (Wildman–Crippen LogP) is 4.04. The Labute approximate surface area is 127 Å². The van der Waals surface area contributed by atoms with Crippen LogP contribution in [-0.2, 0) is 0 Å². The molecule has 0 radical (unpaired) electrons. The molecule has 0 fully saturated rings. The Kier molecular flexibility index (Phi) is 3.71. The van der Waals surface area contributed by atoms with Crippen molar-refractivity contribution < 1.29 is 4.79 Å². The Balaban J connectivity index is 2.07. The molecular formula is C16H12ClN3O. The van der Waals surface area contributed by atoms with Crippen LogP contribution in [0.2, 0.25) is 5.02 Å². The number of nitrogens with zero attached hydrogens (tertiary/aromatic N) is 2. The summed E-state index contributed by atoms with van der Waals surface area (Å²) in [7, 11) is 0. The van der Waals surface area contributed by atoms with Gasteiger partial charge in [0.25, 0.3) is 5.91 Å². The van der Waals surface area contributed by atoms with E-state index in [0.717, 1.165) is 11.4 Å². The Bertz CT molecular complexity index is 724. The van der Waals surface area contributed by atoms with Crippen LogP contribution in [0.25, 0.3) is 0 Å². The second kappa shape index (κ2) is 5.81. The van der Waals surface area contributed by atoms with E-state index in [1.54, 1.807) is 41.6 Å². The zero-order valence-corrected chi connectivity index (χ0v) is 11.8. The van der Waals surface area contributed by atoms with Gasteiger partial charge in [0.05, 0.1) is 0 Å². The number of hydrogen-bond acceptors (Lipinski definition) is 2. The highest BCUT2D eigenvalue weighted by molar-refractivity contribution is 6.30. The van der Waals surface area contributed by atoms with E-state index in [1.165, 1.54) is 0 Å². The number of aromatic amines is 1. The minimum Gasteiger partial charge on any atom is -0.341 e. The average Bonchev–Trinajstić information content (AvgIpc) is 3.05. The van der Waals surface area contributed by atoms with Crippen LogP contribution in [0.4, 0.5) is 11.4 Å². The fraction of sp³-hybridized carbons (Fsp3) is 0. The van der Waals surface area contributed by atoms with Crippen LogP contribution in [0.5, 0.6) is 0 Å². The minimum absolute atomic E-state index is 0.228. The first kappa shape index (κ1) is 13.4. The number of anilines is 2. The molecule has 4 nitrogen and oxygen atoms in total. The van der Waals surface area contributed by atoms with E-state index < -0.39 is 0 Å². The van der Waals surface area contributed by atoms with Gasteiger partial charge in [-0.05, 0) is 36.4 Å². The maximum Gasteiger partial charge on any atom is 0.298 e. The van der Waals surface area contributed by atoms with Crippen molar-refractivity contribution in [2.24, 2.45) is 0 Å². The highest BCUT2D eigenvalue weighted by Crippen LogP contribution is 2.27. The highest BCUT2D eigenvalue weighted by atomic mass is 35.5. The summed E-state index contributed by atoms with van der Waals surface area (Å²) in [6.07, 6.45) is 3.18. The Morgan fingerprint density at radius 3 is 2.29 bits per heavy atom. The lowest BCUT2D eigenvalue weighted by atomic mass is 10.2. The number of rotatable bonds is 3. The number of para-hydroxylation sites is 1. The monoisotopic (exact) mass is 297 g/mol. The third kappa shape index (κ3) is 2.80. The molecule has 0 bridgehead atoms. The molecule has 5 heteroatoms. The summed E-state index contributed by atoms with van der Waals surface area (Å²) < 4.78 is 0. The van der Waals surface area contributed by atoms with Crippen molar-refractivity contribution in [3.8, 4) is 0 Å². The largest absolute Gasteiger partial charge is 0.341 e. The first-order valence-electron chi connectivity index (χ1n) is 6.40. The van der Waals surface area contributed by atoms with Crippen LogP contribution in [0.15, 0.2) is 67.0 Å². The van der Waals surface area contributed by atoms with Crippen molar-refractivity contribution in [3.63, 3.8) is 0 Å². The van der Waals surface area contributed by atoms with Crippen LogP contribution < -0.4 is 4.90 Å². The molecule has 3 aromatic rings. The predicted molar refractivity (Wildman–Crippen MR) is 83.0 cm³/mol. The fourth-order valence-corrected chi connectivity index (χ4v) is 2.16. The highest BCUT2D eigenvalue weighted by Gasteiger charge is 2.21. The van der Waals surface area contributed by atoms with Crippen molar-refractivity contribution >= 4 is 28.9 Å². The van der Waals surface area contributed by atoms with Crippen LogP contribution in [0.1, 0.15) is 10.6 Å². The molecule has 1 amide bonds. The SMILES string of the molecule is O=C(c1ncc[nH]1)N(c1ccccc1)c1ccc(Cl)cc1. The standard InChI is InChI=1S/C16H12ClN3O/c17-12-6-8-14(9-7-12)20(13-4-2-1-3-5-13)16(21)15-18-10-11-19-15/h1-11H,(H,18,19). The summed E-state index contributed by atoms with van der Waals surface area (Å²) in [6, 6.07) is 16.5. The number of amides is 1.